The van der Waals surface area contributed by atoms with Gasteiger partial charge in [0.2, 0.25) is 0 Å². The molecule has 166 valence electrons. The second-order valence-corrected chi connectivity index (χ2v) is 12.9. The van der Waals surface area contributed by atoms with Gasteiger partial charge in [-0.1, -0.05) is 64.1 Å². The minimum atomic E-state index is -3.72. The molecule has 0 saturated heterocycles. The van der Waals surface area contributed by atoms with Crippen LogP contribution in [0, 0.1) is 5.82 Å². The molecule has 2 rings (SSSR count). The quantitative estimate of drug-likeness (QED) is 0.443. The van der Waals surface area contributed by atoms with Gasteiger partial charge in [0.05, 0.1) is 10.6 Å². The fraction of sp³-hybridized carbons (Fsp3) is 0.333. The molecule has 0 amide bonds. The van der Waals surface area contributed by atoms with E-state index < -0.39 is 18.1 Å². The van der Waals surface area contributed by atoms with Crippen LogP contribution >= 0.6 is 21.4 Å². The van der Waals surface area contributed by atoms with Crippen LogP contribution in [0.15, 0.2) is 53.4 Å². The first-order valence-corrected chi connectivity index (χ1v) is 13.9. The first kappa shape index (κ1) is 26.6. The molecular formula is C21H25Cl2FO4S2. The number of halogens is 3. The van der Waals surface area contributed by atoms with E-state index in [0.717, 1.165) is 16.7 Å². The van der Waals surface area contributed by atoms with Crippen LogP contribution < -0.4 is 0 Å². The maximum absolute atomic E-state index is 12.9. The fourth-order valence-corrected chi connectivity index (χ4v) is 4.09. The van der Waals surface area contributed by atoms with Crippen LogP contribution in [0.4, 0.5) is 4.39 Å². The molecule has 0 aliphatic heterocycles. The first-order chi connectivity index (χ1) is 13.7. The van der Waals surface area contributed by atoms with Gasteiger partial charge in [0.25, 0.3) is 0 Å². The number of benzene rings is 2. The van der Waals surface area contributed by atoms with Crippen molar-refractivity contribution in [3.05, 3.63) is 71.0 Å². The average molecular weight is 495 g/mol. The Kier molecular flexibility index (Phi) is 10.0. The van der Waals surface area contributed by atoms with Gasteiger partial charge >= 0.3 is 8.26 Å². The highest BCUT2D eigenvalue weighted by atomic mass is 36.0. The number of rotatable bonds is 6. The molecular weight excluding hydrogens is 470 g/mol. The molecule has 0 unspecified atom stereocenters. The van der Waals surface area contributed by atoms with Gasteiger partial charge in [-0.15, -0.1) is 0 Å². The highest BCUT2D eigenvalue weighted by Crippen LogP contribution is 2.28. The normalized spacial score (nSPS) is 12.3. The monoisotopic (exact) mass is 494 g/mol. The Hall–Kier alpha value is -1.41. The largest absolute Gasteiger partial charge is 0.317 e. The molecule has 0 aliphatic rings. The van der Waals surface area contributed by atoms with Crippen molar-refractivity contribution in [3.8, 4) is 0 Å². The molecule has 0 aliphatic carbocycles. The topological polar surface area (TPSA) is 68.3 Å². The van der Waals surface area contributed by atoms with Crippen LogP contribution in [0.1, 0.15) is 56.2 Å². The minimum Gasteiger partial charge on any atom is -0.223 e. The zero-order chi connectivity index (χ0) is 23.1. The van der Waals surface area contributed by atoms with Crippen molar-refractivity contribution >= 4 is 45.5 Å². The highest BCUT2D eigenvalue weighted by molar-refractivity contribution is 8.31. The minimum absolute atomic E-state index is 0.0783. The Bertz CT molecular complexity index is 1070. The van der Waals surface area contributed by atoms with Gasteiger partial charge in [0.1, 0.15) is 5.82 Å². The van der Waals surface area contributed by atoms with E-state index in [2.05, 4.69) is 35.2 Å². The number of hydrogen-bond donors (Lipinski definition) is 0. The second-order valence-electron chi connectivity index (χ2n) is 7.22. The van der Waals surface area contributed by atoms with Gasteiger partial charge < -0.3 is 0 Å². The molecule has 0 atom stereocenters. The van der Waals surface area contributed by atoms with Crippen molar-refractivity contribution in [2.75, 3.05) is 5.75 Å². The van der Waals surface area contributed by atoms with Gasteiger partial charge in [-0.25, -0.2) is 12.8 Å². The molecule has 0 aromatic heterocycles. The molecule has 0 saturated carbocycles. The zero-order valence-electron chi connectivity index (χ0n) is 17.1. The Morgan fingerprint density at radius 1 is 0.900 bits per heavy atom. The lowest BCUT2D eigenvalue weighted by Crippen LogP contribution is -2.10. The Morgan fingerprint density at radius 2 is 1.43 bits per heavy atom. The van der Waals surface area contributed by atoms with Gasteiger partial charge in [-0.3, -0.25) is 0 Å². The second kappa shape index (κ2) is 11.3. The third-order valence-corrected chi connectivity index (χ3v) is 5.83. The third kappa shape index (κ3) is 9.60. The predicted molar refractivity (Wildman–Crippen MR) is 123 cm³/mol. The summed E-state index contributed by atoms with van der Waals surface area (Å²) in [6, 6.07) is 11.6. The summed E-state index contributed by atoms with van der Waals surface area (Å²) in [5.41, 5.74) is 2.78. The van der Waals surface area contributed by atoms with Crippen LogP contribution in [0.5, 0.6) is 0 Å². The Balaban J connectivity index is 0.000000804. The van der Waals surface area contributed by atoms with E-state index in [1.807, 2.05) is 26.0 Å². The van der Waals surface area contributed by atoms with Crippen molar-refractivity contribution in [2.45, 2.75) is 44.4 Å². The molecule has 9 heteroatoms. The van der Waals surface area contributed by atoms with Crippen LogP contribution in [-0.2, 0) is 18.1 Å². The van der Waals surface area contributed by atoms with E-state index in [0.29, 0.717) is 10.8 Å². The van der Waals surface area contributed by atoms with Crippen molar-refractivity contribution in [1.82, 2.24) is 0 Å². The highest BCUT2D eigenvalue weighted by Gasteiger charge is 2.20. The summed E-state index contributed by atoms with van der Waals surface area (Å²) in [5, 5.41) is 0. The van der Waals surface area contributed by atoms with E-state index in [1.165, 1.54) is 12.1 Å². The molecule has 0 fully saturated rings. The predicted octanol–water partition coefficient (Wildman–Crippen LogP) is 6.27. The van der Waals surface area contributed by atoms with Gasteiger partial charge in [-0.2, -0.15) is 8.42 Å². The molecule has 0 radical (unpaired) electrons. The van der Waals surface area contributed by atoms with E-state index in [1.54, 1.807) is 30.4 Å². The molecule has 0 spiro atoms. The summed E-state index contributed by atoms with van der Waals surface area (Å²) in [7, 11) is 1.40. The smallest absolute Gasteiger partial charge is 0.223 e. The van der Waals surface area contributed by atoms with Crippen molar-refractivity contribution in [2.24, 2.45) is 0 Å². The number of hydrogen-bond acceptors (Lipinski definition) is 4. The first-order valence-electron chi connectivity index (χ1n) is 9.13. The van der Waals surface area contributed by atoms with Crippen molar-refractivity contribution < 1.29 is 21.2 Å². The molecule has 0 heterocycles. The Labute approximate surface area is 187 Å². The fourth-order valence-electron chi connectivity index (χ4n) is 2.64. The molecule has 2 aromatic rings. The van der Waals surface area contributed by atoms with Crippen LogP contribution in [-0.4, -0.2) is 22.6 Å². The molecule has 0 bridgehead atoms. The molecule has 30 heavy (non-hydrogen) atoms. The van der Waals surface area contributed by atoms with Gasteiger partial charge in [0, 0.05) is 21.4 Å². The van der Waals surface area contributed by atoms with Crippen LogP contribution in [0.25, 0.3) is 6.08 Å². The average Bonchev–Trinajstić information content (AvgIpc) is 2.61. The summed E-state index contributed by atoms with van der Waals surface area (Å²) >= 11 is 0. The number of sulfone groups is 1. The summed E-state index contributed by atoms with van der Waals surface area (Å²) in [6.45, 7) is 8.21. The molecule has 2 aromatic carbocycles. The zero-order valence-corrected chi connectivity index (χ0v) is 20.3. The standard InChI is InChI=1S/C21H25FO2S.Cl2O2S/c1-15(2)18-9-12-21(20(14-18)16(3)4)25(23,24)13-5-6-17-7-10-19(22)11-8-17;1-5(2,3)4/h5-12,14-16H,13H2,1-4H3;. The van der Waals surface area contributed by atoms with E-state index in [9.17, 15) is 12.8 Å². The van der Waals surface area contributed by atoms with Crippen molar-refractivity contribution in [3.63, 3.8) is 0 Å². The summed E-state index contributed by atoms with van der Waals surface area (Å²) < 4.78 is 56.8. The third-order valence-electron chi connectivity index (χ3n) is 4.15. The summed E-state index contributed by atoms with van der Waals surface area (Å²) in [5.74, 6) is 0.0965. The SMILES string of the molecule is CC(C)c1ccc(S(=O)(=O)CC=Cc2ccc(F)cc2)c(C(C)C)c1.O=S(=O)(Cl)Cl. The molecule has 4 nitrogen and oxygen atoms in total. The van der Waals surface area contributed by atoms with E-state index in [-0.39, 0.29) is 17.5 Å². The van der Waals surface area contributed by atoms with Gasteiger partial charge in [-0.05, 0) is 46.7 Å². The van der Waals surface area contributed by atoms with Crippen LogP contribution in [0.2, 0.25) is 0 Å². The Morgan fingerprint density at radius 3 is 1.90 bits per heavy atom. The lowest BCUT2D eigenvalue weighted by Gasteiger charge is -2.16. The van der Waals surface area contributed by atoms with Gasteiger partial charge in [0.15, 0.2) is 9.84 Å². The summed E-state index contributed by atoms with van der Waals surface area (Å²) in [4.78, 5) is 0.399. The summed E-state index contributed by atoms with van der Waals surface area (Å²) in [6.07, 6.45) is 3.32. The lowest BCUT2D eigenvalue weighted by molar-refractivity contribution is 0.596. The van der Waals surface area contributed by atoms with E-state index >= 15 is 0 Å². The van der Waals surface area contributed by atoms with Crippen LogP contribution in [0.3, 0.4) is 0 Å². The maximum atomic E-state index is 12.9. The lowest BCUT2D eigenvalue weighted by atomic mass is 9.96. The van der Waals surface area contributed by atoms with E-state index in [4.69, 9.17) is 8.42 Å². The molecule has 0 N–H and O–H groups in total. The van der Waals surface area contributed by atoms with Crippen molar-refractivity contribution in [1.29, 1.82) is 0 Å². The maximum Gasteiger partial charge on any atom is 0.317 e.